The number of H-pyrrole nitrogens is 1. The van der Waals surface area contributed by atoms with Crippen molar-refractivity contribution in [3.05, 3.63) is 53.6 Å². The average Bonchev–Trinajstić information content (AvgIpc) is 3.23. The van der Waals surface area contributed by atoms with E-state index in [1.165, 1.54) is 25.3 Å². The molecule has 0 saturated carbocycles. The smallest absolute Gasteiger partial charge is 0.247 e. The summed E-state index contributed by atoms with van der Waals surface area (Å²) in [5.74, 6) is -0.920. The van der Waals surface area contributed by atoms with E-state index >= 15 is 0 Å². The number of aryl methyl sites for hydroxylation is 1. The van der Waals surface area contributed by atoms with E-state index < -0.39 is 5.82 Å². The van der Waals surface area contributed by atoms with Crippen LogP contribution in [0.5, 0.6) is 11.5 Å². The Balaban J connectivity index is 1.70. The highest BCUT2D eigenvalue weighted by molar-refractivity contribution is 6.01. The van der Waals surface area contributed by atoms with Crippen LogP contribution < -0.4 is 10.1 Å². The van der Waals surface area contributed by atoms with E-state index in [0.717, 1.165) is 30.5 Å². The number of hydrogen-bond acceptors (Lipinski definition) is 5. The number of aromatic nitrogens is 4. The van der Waals surface area contributed by atoms with Crippen LogP contribution in [0.1, 0.15) is 35.6 Å². The zero-order valence-electron chi connectivity index (χ0n) is 17.4. The lowest BCUT2D eigenvalue weighted by molar-refractivity contribution is -0.111. The second kappa shape index (κ2) is 8.25. The van der Waals surface area contributed by atoms with Gasteiger partial charge in [-0.2, -0.15) is 10.2 Å². The number of rotatable bonds is 5. The Bertz CT molecular complexity index is 1150. The van der Waals surface area contributed by atoms with Gasteiger partial charge in [0.05, 0.1) is 12.8 Å². The topological polar surface area (TPSA) is 105 Å². The number of methoxy groups -OCH3 is 1. The minimum Gasteiger partial charge on any atom is -0.508 e. The molecule has 1 amide bonds. The maximum atomic E-state index is 14.9. The summed E-state index contributed by atoms with van der Waals surface area (Å²) in [6.07, 6.45) is 5.74. The molecular weight excluding hydrogens is 401 g/mol. The fraction of sp³-hybridized carbons (Fsp3) is 0.318. The van der Waals surface area contributed by atoms with Crippen molar-refractivity contribution in [2.75, 3.05) is 12.4 Å². The van der Waals surface area contributed by atoms with Crippen LogP contribution in [0.25, 0.3) is 11.4 Å². The lowest BCUT2D eigenvalue weighted by Gasteiger charge is -2.17. The molecule has 9 heteroatoms. The van der Waals surface area contributed by atoms with Gasteiger partial charge in [-0.25, -0.2) is 4.39 Å². The number of halogens is 1. The number of amides is 1. The molecule has 31 heavy (non-hydrogen) atoms. The highest BCUT2D eigenvalue weighted by Gasteiger charge is 2.28. The maximum absolute atomic E-state index is 14.9. The number of benzene rings is 1. The number of phenolic OH excluding ortho intramolecular Hbond substituents is 1. The van der Waals surface area contributed by atoms with Gasteiger partial charge in [-0.05, 0) is 49.3 Å². The predicted molar refractivity (Wildman–Crippen MR) is 114 cm³/mol. The minimum absolute atomic E-state index is 0.0286. The highest BCUT2D eigenvalue weighted by atomic mass is 19.1. The second-order valence-electron chi connectivity index (χ2n) is 7.63. The normalized spacial score (nSPS) is 15.8. The summed E-state index contributed by atoms with van der Waals surface area (Å²) in [7, 11) is 3.15. The van der Waals surface area contributed by atoms with Crippen LogP contribution in [0.4, 0.5) is 10.1 Å². The number of nitrogens with zero attached hydrogens (tertiary/aromatic N) is 3. The first kappa shape index (κ1) is 20.6. The zero-order valence-corrected chi connectivity index (χ0v) is 17.4. The number of nitrogens with one attached hydrogen (secondary N) is 2. The Morgan fingerprint density at radius 3 is 3.00 bits per heavy atom. The van der Waals surface area contributed by atoms with E-state index in [-0.39, 0.29) is 23.3 Å². The minimum atomic E-state index is -0.451. The lowest BCUT2D eigenvalue weighted by Crippen LogP contribution is -2.07. The summed E-state index contributed by atoms with van der Waals surface area (Å²) in [5.41, 5.74) is 4.11. The van der Waals surface area contributed by atoms with Crippen molar-refractivity contribution in [3.63, 3.8) is 0 Å². The SMILES string of the molecule is C=CC(=O)Nc1cn(C)nc1-c1n[nH]c2c1CCCC(c1cc(O)cc(OC)c1F)C2. The summed E-state index contributed by atoms with van der Waals surface area (Å²) in [5, 5.41) is 24.8. The van der Waals surface area contributed by atoms with E-state index in [0.29, 0.717) is 29.1 Å². The first-order valence-corrected chi connectivity index (χ1v) is 10.0. The Hall–Kier alpha value is -3.62. The quantitative estimate of drug-likeness (QED) is 0.429. The third-order valence-electron chi connectivity index (χ3n) is 5.59. The van der Waals surface area contributed by atoms with Gasteiger partial charge >= 0.3 is 0 Å². The molecule has 1 aliphatic carbocycles. The van der Waals surface area contributed by atoms with Crippen LogP contribution in [0.2, 0.25) is 0 Å². The zero-order chi connectivity index (χ0) is 22.1. The molecule has 2 aromatic heterocycles. The molecule has 1 aliphatic rings. The number of carbonyl (C=O) groups excluding carboxylic acids is 1. The molecule has 1 unspecified atom stereocenters. The molecule has 0 fully saturated rings. The third kappa shape index (κ3) is 3.90. The van der Waals surface area contributed by atoms with E-state index in [1.54, 1.807) is 17.9 Å². The van der Waals surface area contributed by atoms with Gasteiger partial charge in [-0.15, -0.1) is 0 Å². The Morgan fingerprint density at radius 2 is 2.26 bits per heavy atom. The molecular formula is C22H24FN5O3. The molecule has 1 atom stereocenters. The molecule has 3 N–H and O–H groups in total. The molecule has 4 rings (SSSR count). The Labute approximate surface area is 178 Å². The molecule has 3 aromatic rings. The van der Waals surface area contributed by atoms with Crippen molar-refractivity contribution >= 4 is 11.6 Å². The summed E-state index contributed by atoms with van der Waals surface area (Å²) in [6, 6.07) is 2.74. The molecule has 0 spiro atoms. The van der Waals surface area contributed by atoms with Crippen molar-refractivity contribution in [3.8, 4) is 22.9 Å². The first-order chi connectivity index (χ1) is 14.9. The summed E-state index contributed by atoms with van der Waals surface area (Å²) in [6.45, 7) is 3.48. The number of phenols is 1. The van der Waals surface area contributed by atoms with E-state index in [4.69, 9.17) is 4.74 Å². The standard InChI is InChI=1S/C22H24FN5O3/c1-4-19(30)24-17-11-28(2)27-22(17)21-14-7-5-6-12(8-16(14)25-26-21)15-9-13(29)10-18(31-3)20(15)23/h4,9-12,29H,1,5-8H2,2-3H3,(H,24,30)(H,25,26). The van der Waals surface area contributed by atoms with Gasteiger partial charge in [-0.1, -0.05) is 6.58 Å². The number of hydrogen-bond donors (Lipinski definition) is 3. The molecule has 8 nitrogen and oxygen atoms in total. The van der Waals surface area contributed by atoms with Gasteiger partial charge in [0.2, 0.25) is 5.91 Å². The van der Waals surface area contributed by atoms with Gasteiger partial charge in [-0.3, -0.25) is 14.6 Å². The van der Waals surface area contributed by atoms with Crippen LogP contribution >= 0.6 is 0 Å². The van der Waals surface area contributed by atoms with Gasteiger partial charge in [0.15, 0.2) is 11.6 Å². The van der Waals surface area contributed by atoms with Gasteiger partial charge < -0.3 is 15.2 Å². The van der Waals surface area contributed by atoms with Crippen molar-refractivity contribution in [2.24, 2.45) is 7.05 Å². The molecule has 0 saturated heterocycles. The molecule has 1 aromatic carbocycles. The number of aromatic hydroxyl groups is 1. The van der Waals surface area contributed by atoms with Gasteiger partial charge in [0.1, 0.15) is 17.1 Å². The Kier molecular flexibility index (Phi) is 5.50. The monoisotopic (exact) mass is 425 g/mol. The van der Waals surface area contributed by atoms with Crippen LogP contribution in [0.3, 0.4) is 0 Å². The van der Waals surface area contributed by atoms with Crippen molar-refractivity contribution in [1.29, 1.82) is 0 Å². The third-order valence-corrected chi connectivity index (χ3v) is 5.59. The fourth-order valence-corrected chi connectivity index (χ4v) is 4.16. The van der Waals surface area contributed by atoms with Crippen LogP contribution in [0.15, 0.2) is 31.0 Å². The fourth-order valence-electron chi connectivity index (χ4n) is 4.16. The summed E-state index contributed by atoms with van der Waals surface area (Å²) < 4.78 is 21.6. The average molecular weight is 425 g/mol. The molecule has 2 heterocycles. The number of aromatic amines is 1. The van der Waals surface area contributed by atoms with Crippen molar-refractivity contribution < 1.29 is 19.0 Å². The Morgan fingerprint density at radius 1 is 1.45 bits per heavy atom. The lowest BCUT2D eigenvalue weighted by atomic mass is 9.90. The number of ether oxygens (including phenoxy) is 1. The highest BCUT2D eigenvalue weighted by Crippen LogP contribution is 2.39. The van der Waals surface area contributed by atoms with Gasteiger partial charge in [0.25, 0.3) is 0 Å². The molecule has 0 radical (unpaired) electrons. The molecule has 0 aliphatic heterocycles. The largest absolute Gasteiger partial charge is 0.508 e. The van der Waals surface area contributed by atoms with E-state index in [2.05, 4.69) is 27.2 Å². The van der Waals surface area contributed by atoms with Gasteiger partial charge in [0, 0.05) is 30.6 Å². The molecule has 162 valence electrons. The number of fused-ring (bicyclic) bond motifs is 1. The van der Waals surface area contributed by atoms with Crippen LogP contribution in [-0.2, 0) is 24.7 Å². The number of carbonyl (C=O) groups is 1. The number of anilines is 1. The van der Waals surface area contributed by atoms with Crippen molar-refractivity contribution in [1.82, 2.24) is 20.0 Å². The first-order valence-electron chi connectivity index (χ1n) is 10.0. The molecule has 0 bridgehead atoms. The second-order valence-corrected chi connectivity index (χ2v) is 7.63. The van der Waals surface area contributed by atoms with E-state index in [1.807, 2.05) is 0 Å². The van der Waals surface area contributed by atoms with Crippen molar-refractivity contribution in [2.45, 2.75) is 31.6 Å². The summed E-state index contributed by atoms with van der Waals surface area (Å²) >= 11 is 0. The summed E-state index contributed by atoms with van der Waals surface area (Å²) in [4.78, 5) is 11.8. The maximum Gasteiger partial charge on any atom is 0.247 e. The van der Waals surface area contributed by atoms with Crippen LogP contribution in [-0.4, -0.2) is 38.1 Å². The predicted octanol–water partition coefficient (Wildman–Crippen LogP) is 3.45. The van der Waals surface area contributed by atoms with E-state index in [9.17, 15) is 14.3 Å². The van der Waals surface area contributed by atoms with Crippen LogP contribution in [0, 0.1) is 5.82 Å².